The highest BCUT2D eigenvalue weighted by Crippen LogP contribution is 2.33. The summed E-state index contributed by atoms with van der Waals surface area (Å²) in [6.45, 7) is 4.00. The number of aromatic nitrogens is 1. The second-order valence-corrected chi connectivity index (χ2v) is 7.64. The van der Waals surface area contributed by atoms with Crippen molar-refractivity contribution in [2.45, 2.75) is 70.9 Å². The molecule has 31 heavy (non-hydrogen) atoms. The van der Waals surface area contributed by atoms with Crippen molar-refractivity contribution in [1.29, 1.82) is 0 Å². The minimum absolute atomic E-state index is 0.0335. The van der Waals surface area contributed by atoms with Crippen LogP contribution in [0.4, 0.5) is 0 Å². The molecule has 1 saturated carbocycles. The molecule has 0 aliphatic heterocycles. The van der Waals surface area contributed by atoms with Crippen LogP contribution in [0.5, 0.6) is 0 Å². The normalized spacial score (nSPS) is 17.3. The topological polar surface area (TPSA) is 94.2 Å². The molecule has 1 aromatic carbocycles. The van der Waals surface area contributed by atoms with Crippen molar-refractivity contribution in [2.75, 3.05) is 7.05 Å². The van der Waals surface area contributed by atoms with Gasteiger partial charge >= 0.3 is 0 Å². The summed E-state index contributed by atoms with van der Waals surface area (Å²) in [5.74, 6) is -0.225. The summed E-state index contributed by atoms with van der Waals surface area (Å²) in [4.78, 5) is 33.9. The van der Waals surface area contributed by atoms with Crippen LogP contribution in [0.3, 0.4) is 0 Å². The average molecular weight is 428 g/mol. The number of hydrogen-bond donors (Lipinski definition) is 1. The molecule has 7 heteroatoms. The van der Waals surface area contributed by atoms with E-state index in [2.05, 4.69) is 17.4 Å². The van der Waals surface area contributed by atoms with Crippen molar-refractivity contribution in [2.24, 2.45) is 0 Å². The second kappa shape index (κ2) is 12.0. The van der Waals surface area contributed by atoms with Crippen LogP contribution in [-0.2, 0) is 6.42 Å². The molecule has 1 unspecified atom stereocenters. The number of carbonyl (C=O) groups is 1. The molecule has 1 N–H and O–H groups in total. The number of carbonyl (C=O) groups excluding carboxylic acids is 1. The Morgan fingerprint density at radius 2 is 1.71 bits per heavy atom. The monoisotopic (exact) mass is 427 g/mol. The number of amides is 1. The van der Waals surface area contributed by atoms with Crippen LogP contribution in [0, 0.1) is 10.1 Å². The Morgan fingerprint density at radius 1 is 1.06 bits per heavy atom. The molecule has 0 spiro atoms. The van der Waals surface area contributed by atoms with Crippen LogP contribution in [-0.4, -0.2) is 28.5 Å². The van der Waals surface area contributed by atoms with Gasteiger partial charge in [0.15, 0.2) is 7.05 Å². The first-order valence-corrected chi connectivity index (χ1v) is 11.1. The Morgan fingerprint density at radius 3 is 2.39 bits per heavy atom. The Balaban J connectivity index is 0.000000513. The van der Waals surface area contributed by atoms with Gasteiger partial charge < -0.3 is 9.88 Å². The summed E-state index contributed by atoms with van der Waals surface area (Å²) in [7, 11) is 0.889. The summed E-state index contributed by atoms with van der Waals surface area (Å²) >= 11 is 0. The number of pyridine rings is 1. The SMILES string of the molecule is CC.C[N+](=O)[O-].O=C(NC1CCCCC1)c1cccn(C2CCc3ccccc32)c1=O. The standard InChI is InChI=1S/C21H24N2O2.C2H6.CH3NO2/c24-20(22-16-8-2-1-3-9-16)18-11-6-14-23(21(18)25)19-13-12-15-7-4-5-10-17(15)19;1-2;1-2(3)4/h4-7,10-11,14,16,19H,1-3,8-9,12-13H2,(H,22,24);1-2H3;1H3. The number of nitro groups is 1. The molecule has 1 heterocycles. The lowest BCUT2D eigenvalue weighted by Crippen LogP contribution is -2.40. The lowest BCUT2D eigenvalue weighted by molar-refractivity contribution is -0.445. The van der Waals surface area contributed by atoms with Crippen LogP contribution in [0.2, 0.25) is 0 Å². The third-order valence-electron chi connectivity index (χ3n) is 5.60. The zero-order valence-corrected chi connectivity index (χ0v) is 18.7. The first-order chi connectivity index (χ1) is 15.0. The first-order valence-electron chi connectivity index (χ1n) is 11.1. The minimum atomic E-state index is -0.500. The number of nitrogens with one attached hydrogen (secondary N) is 1. The van der Waals surface area contributed by atoms with Crippen molar-refractivity contribution in [1.82, 2.24) is 9.88 Å². The Hall–Kier alpha value is -2.96. The highest BCUT2D eigenvalue weighted by Gasteiger charge is 2.26. The lowest BCUT2D eigenvalue weighted by Gasteiger charge is -2.23. The van der Waals surface area contributed by atoms with E-state index in [0.29, 0.717) is 0 Å². The Kier molecular flexibility index (Phi) is 9.43. The molecule has 1 fully saturated rings. The molecule has 1 amide bonds. The predicted octanol–water partition coefficient (Wildman–Crippen LogP) is 4.37. The van der Waals surface area contributed by atoms with Crippen LogP contribution in [0.1, 0.15) is 79.9 Å². The maximum Gasteiger partial charge on any atom is 0.263 e. The smallest absolute Gasteiger partial charge is 0.263 e. The van der Waals surface area contributed by atoms with Crippen molar-refractivity contribution in [3.05, 3.63) is 79.8 Å². The number of hydrogen-bond acceptors (Lipinski definition) is 4. The Bertz CT molecular complexity index is 928. The number of nitrogens with zero attached hydrogens (tertiary/aromatic N) is 2. The van der Waals surface area contributed by atoms with Gasteiger partial charge in [0.2, 0.25) is 0 Å². The zero-order chi connectivity index (χ0) is 22.8. The number of fused-ring (bicyclic) bond motifs is 1. The van der Waals surface area contributed by atoms with Gasteiger partial charge in [-0.05, 0) is 48.9 Å². The summed E-state index contributed by atoms with van der Waals surface area (Å²) < 4.78 is 1.74. The van der Waals surface area contributed by atoms with Crippen LogP contribution >= 0.6 is 0 Å². The van der Waals surface area contributed by atoms with Crippen molar-refractivity contribution in [3.8, 4) is 0 Å². The fraction of sp³-hybridized carbons (Fsp3) is 0.500. The largest absolute Gasteiger partial charge is 0.349 e. The molecular weight excluding hydrogens is 394 g/mol. The molecular formula is C24H33N3O4. The summed E-state index contributed by atoms with van der Waals surface area (Å²) in [5.41, 5.74) is 2.58. The van der Waals surface area contributed by atoms with Gasteiger partial charge in [0.25, 0.3) is 11.5 Å². The maximum absolute atomic E-state index is 13.0. The number of aryl methyl sites for hydroxylation is 1. The molecule has 2 aliphatic rings. The molecule has 2 aromatic rings. The summed E-state index contributed by atoms with van der Waals surface area (Å²) in [6.07, 6.45) is 9.29. The third kappa shape index (κ3) is 6.51. The molecule has 0 saturated heterocycles. The van der Waals surface area contributed by atoms with Crippen molar-refractivity contribution < 1.29 is 9.72 Å². The van der Waals surface area contributed by atoms with E-state index >= 15 is 0 Å². The molecule has 4 rings (SSSR count). The minimum Gasteiger partial charge on any atom is -0.349 e. The van der Waals surface area contributed by atoms with E-state index in [0.717, 1.165) is 45.6 Å². The molecule has 1 atom stereocenters. The van der Waals surface area contributed by atoms with E-state index in [9.17, 15) is 9.59 Å². The van der Waals surface area contributed by atoms with Gasteiger partial charge in [-0.15, -0.1) is 0 Å². The molecule has 168 valence electrons. The molecule has 7 nitrogen and oxygen atoms in total. The quantitative estimate of drug-likeness (QED) is 0.581. The van der Waals surface area contributed by atoms with E-state index in [-0.39, 0.29) is 29.1 Å². The van der Waals surface area contributed by atoms with Gasteiger partial charge in [-0.25, -0.2) is 0 Å². The zero-order valence-electron chi connectivity index (χ0n) is 18.7. The average Bonchev–Trinajstić information content (AvgIpc) is 3.19. The third-order valence-corrected chi connectivity index (χ3v) is 5.60. The molecule has 0 bridgehead atoms. The highest BCUT2D eigenvalue weighted by atomic mass is 16.6. The number of rotatable bonds is 3. The molecule has 2 aliphatic carbocycles. The van der Waals surface area contributed by atoms with Gasteiger partial charge in [-0.1, -0.05) is 57.4 Å². The van der Waals surface area contributed by atoms with E-state index in [1.807, 2.05) is 38.2 Å². The number of benzene rings is 1. The van der Waals surface area contributed by atoms with E-state index < -0.39 is 4.92 Å². The van der Waals surface area contributed by atoms with E-state index in [1.165, 1.54) is 17.5 Å². The van der Waals surface area contributed by atoms with Gasteiger partial charge in [0.1, 0.15) is 5.56 Å². The van der Waals surface area contributed by atoms with E-state index in [1.54, 1.807) is 10.6 Å². The Labute approximate surface area is 183 Å². The van der Waals surface area contributed by atoms with Crippen LogP contribution < -0.4 is 10.9 Å². The van der Waals surface area contributed by atoms with Gasteiger partial charge in [-0.2, -0.15) is 0 Å². The summed E-state index contributed by atoms with van der Waals surface area (Å²) in [6, 6.07) is 12.0. The first kappa shape index (κ1) is 24.3. The van der Waals surface area contributed by atoms with Crippen molar-refractivity contribution in [3.63, 3.8) is 0 Å². The van der Waals surface area contributed by atoms with Crippen LogP contribution in [0.25, 0.3) is 0 Å². The van der Waals surface area contributed by atoms with Crippen LogP contribution in [0.15, 0.2) is 47.4 Å². The molecule has 0 radical (unpaired) electrons. The molecule has 1 aromatic heterocycles. The fourth-order valence-electron chi connectivity index (χ4n) is 4.26. The van der Waals surface area contributed by atoms with Gasteiger partial charge in [0.05, 0.1) is 6.04 Å². The van der Waals surface area contributed by atoms with Gasteiger partial charge in [-0.3, -0.25) is 19.7 Å². The van der Waals surface area contributed by atoms with Crippen molar-refractivity contribution >= 4 is 5.91 Å². The fourth-order valence-corrected chi connectivity index (χ4v) is 4.26. The second-order valence-electron chi connectivity index (χ2n) is 7.64. The summed E-state index contributed by atoms with van der Waals surface area (Å²) in [5, 5.41) is 11.9. The van der Waals surface area contributed by atoms with Gasteiger partial charge in [0, 0.05) is 17.2 Å². The predicted molar refractivity (Wildman–Crippen MR) is 122 cm³/mol. The van der Waals surface area contributed by atoms with E-state index in [4.69, 9.17) is 10.1 Å². The highest BCUT2D eigenvalue weighted by molar-refractivity contribution is 5.94. The lowest BCUT2D eigenvalue weighted by atomic mass is 9.95. The maximum atomic E-state index is 13.0.